The van der Waals surface area contributed by atoms with Crippen LogP contribution in [0.25, 0.3) is 0 Å². The van der Waals surface area contributed by atoms with Gasteiger partial charge in [0.1, 0.15) is 11.4 Å². The van der Waals surface area contributed by atoms with Crippen LogP contribution in [0.2, 0.25) is 0 Å². The van der Waals surface area contributed by atoms with Gasteiger partial charge in [0.25, 0.3) is 0 Å². The molecule has 0 unspecified atom stereocenters. The molecule has 0 atom stereocenters. The Balaban J connectivity index is 1.57. The Bertz CT molecular complexity index is 366. The van der Waals surface area contributed by atoms with Crippen molar-refractivity contribution >= 4 is 0 Å². The molecule has 5 heteroatoms. The molecule has 0 aromatic carbocycles. The number of likely N-dealkylation sites (tertiary alicyclic amines) is 1. The SMILES string of the molecule is Cc1nonc1CN1CC(O)(C2CC2)C1. The summed E-state index contributed by atoms with van der Waals surface area (Å²) in [5.41, 5.74) is 1.31. The minimum Gasteiger partial charge on any atom is -0.387 e. The van der Waals surface area contributed by atoms with Gasteiger partial charge in [-0.3, -0.25) is 4.90 Å². The van der Waals surface area contributed by atoms with Crippen molar-refractivity contribution in [3.05, 3.63) is 11.4 Å². The van der Waals surface area contributed by atoms with Crippen molar-refractivity contribution in [2.24, 2.45) is 5.92 Å². The van der Waals surface area contributed by atoms with Crippen LogP contribution in [-0.4, -0.2) is 39.0 Å². The van der Waals surface area contributed by atoms with Gasteiger partial charge in [-0.2, -0.15) is 0 Å². The van der Waals surface area contributed by atoms with Crippen LogP contribution < -0.4 is 0 Å². The van der Waals surface area contributed by atoms with Crippen LogP contribution in [0.3, 0.4) is 0 Å². The predicted octanol–water partition coefficient (Wildman–Crippen LogP) is 0.335. The lowest BCUT2D eigenvalue weighted by atomic mass is 9.88. The molecule has 0 spiro atoms. The molecule has 5 nitrogen and oxygen atoms in total. The quantitative estimate of drug-likeness (QED) is 0.777. The second-order valence-corrected chi connectivity index (χ2v) is 4.82. The predicted molar refractivity (Wildman–Crippen MR) is 52.0 cm³/mol. The third-order valence-corrected chi connectivity index (χ3v) is 3.45. The van der Waals surface area contributed by atoms with E-state index in [1.807, 2.05) is 6.92 Å². The smallest absolute Gasteiger partial charge is 0.122 e. The second-order valence-electron chi connectivity index (χ2n) is 4.82. The molecule has 2 aliphatic rings. The third kappa shape index (κ3) is 1.55. The van der Waals surface area contributed by atoms with Crippen LogP contribution in [0, 0.1) is 12.8 Å². The van der Waals surface area contributed by atoms with E-state index in [4.69, 9.17) is 0 Å². The highest BCUT2D eigenvalue weighted by atomic mass is 16.6. The normalized spacial score (nSPS) is 25.2. The molecule has 2 heterocycles. The minimum absolute atomic E-state index is 0.412. The Morgan fingerprint density at radius 2 is 2.20 bits per heavy atom. The summed E-state index contributed by atoms with van der Waals surface area (Å²) in [6, 6.07) is 0. The van der Waals surface area contributed by atoms with Gasteiger partial charge in [0.2, 0.25) is 0 Å². The highest BCUT2D eigenvalue weighted by molar-refractivity contribution is 5.10. The Labute approximate surface area is 88.0 Å². The first-order valence-electron chi connectivity index (χ1n) is 5.40. The molecule has 2 fully saturated rings. The van der Waals surface area contributed by atoms with E-state index in [-0.39, 0.29) is 0 Å². The van der Waals surface area contributed by atoms with Gasteiger partial charge in [-0.1, -0.05) is 10.3 Å². The molecular weight excluding hydrogens is 194 g/mol. The number of aromatic nitrogens is 2. The summed E-state index contributed by atoms with van der Waals surface area (Å²) in [6.45, 7) is 4.16. The first-order valence-corrected chi connectivity index (χ1v) is 5.40. The molecule has 1 saturated heterocycles. The van der Waals surface area contributed by atoms with Crippen molar-refractivity contribution in [3.8, 4) is 0 Å². The maximum Gasteiger partial charge on any atom is 0.122 e. The van der Waals surface area contributed by atoms with Gasteiger partial charge in [0.05, 0.1) is 5.60 Å². The fourth-order valence-electron chi connectivity index (χ4n) is 2.32. The van der Waals surface area contributed by atoms with Crippen LogP contribution >= 0.6 is 0 Å². The fourth-order valence-corrected chi connectivity index (χ4v) is 2.32. The van der Waals surface area contributed by atoms with Gasteiger partial charge < -0.3 is 5.11 Å². The fraction of sp³-hybridized carbons (Fsp3) is 0.800. The van der Waals surface area contributed by atoms with E-state index in [0.29, 0.717) is 5.92 Å². The zero-order valence-electron chi connectivity index (χ0n) is 8.81. The van der Waals surface area contributed by atoms with Gasteiger partial charge in [-0.15, -0.1) is 0 Å². The summed E-state index contributed by atoms with van der Waals surface area (Å²) in [7, 11) is 0. The number of hydrogen-bond donors (Lipinski definition) is 1. The standard InChI is InChI=1S/C10H15N3O2/c1-7-9(12-15-11-7)4-13-5-10(14,6-13)8-2-3-8/h8,14H,2-6H2,1H3. The minimum atomic E-state index is -0.412. The van der Waals surface area contributed by atoms with E-state index >= 15 is 0 Å². The summed E-state index contributed by atoms with van der Waals surface area (Å²) in [5.74, 6) is 0.547. The molecule has 0 radical (unpaired) electrons. The number of aliphatic hydroxyl groups is 1. The van der Waals surface area contributed by atoms with Gasteiger partial charge in [-0.25, -0.2) is 4.63 Å². The zero-order valence-corrected chi connectivity index (χ0v) is 8.81. The number of nitrogens with zero attached hydrogens (tertiary/aromatic N) is 3. The van der Waals surface area contributed by atoms with E-state index in [1.165, 1.54) is 12.8 Å². The topological polar surface area (TPSA) is 62.4 Å². The highest BCUT2D eigenvalue weighted by Gasteiger charge is 2.51. The zero-order chi connectivity index (χ0) is 10.5. The molecule has 82 valence electrons. The first-order chi connectivity index (χ1) is 7.17. The highest BCUT2D eigenvalue weighted by Crippen LogP contribution is 2.44. The molecule has 1 N–H and O–H groups in total. The van der Waals surface area contributed by atoms with Gasteiger partial charge >= 0.3 is 0 Å². The van der Waals surface area contributed by atoms with Gasteiger partial charge in [0.15, 0.2) is 0 Å². The molecule has 1 aliphatic carbocycles. The monoisotopic (exact) mass is 209 g/mol. The number of rotatable bonds is 3. The first kappa shape index (κ1) is 9.30. The van der Waals surface area contributed by atoms with Crippen molar-refractivity contribution in [3.63, 3.8) is 0 Å². The maximum atomic E-state index is 10.1. The molecule has 3 rings (SSSR count). The van der Waals surface area contributed by atoms with E-state index in [9.17, 15) is 5.11 Å². The van der Waals surface area contributed by atoms with E-state index in [0.717, 1.165) is 31.0 Å². The molecule has 0 bridgehead atoms. The number of aryl methyl sites for hydroxylation is 1. The largest absolute Gasteiger partial charge is 0.387 e. The lowest BCUT2D eigenvalue weighted by Crippen LogP contribution is -2.62. The average Bonchev–Trinajstić information content (AvgIpc) is 2.91. The average molecular weight is 209 g/mol. The van der Waals surface area contributed by atoms with E-state index < -0.39 is 5.60 Å². The van der Waals surface area contributed by atoms with Crippen LogP contribution in [0.5, 0.6) is 0 Å². The summed E-state index contributed by atoms with van der Waals surface area (Å²) in [4.78, 5) is 2.19. The second kappa shape index (κ2) is 3.02. The van der Waals surface area contributed by atoms with Crippen molar-refractivity contribution in [2.75, 3.05) is 13.1 Å². The Hall–Kier alpha value is -0.940. The van der Waals surface area contributed by atoms with Crippen molar-refractivity contribution in [1.82, 2.24) is 15.2 Å². The van der Waals surface area contributed by atoms with Crippen molar-refractivity contribution in [1.29, 1.82) is 0 Å². The Morgan fingerprint density at radius 3 is 2.73 bits per heavy atom. The van der Waals surface area contributed by atoms with Crippen LogP contribution in [0.1, 0.15) is 24.2 Å². The van der Waals surface area contributed by atoms with Gasteiger partial charge in [-0.05, 0) is 25.7 Å². The number of hydrogen-bond acceptors (Lipinski definition) is 5. The Morgan fingerprint density at radius 1 is 1.47 bits per heavy atom. The van der Waals surface area contributed by atoms with Crippen molar-refractivity contribution in [2.45, 2.75) is 31.9 Å². The Kier molecular flexibility index (Phi) is 1.87. The molecule has 0 amide bonds. The van der Waals surface area contributed by atoms with Gasteiger partial charge in [0, 0.05) is 19.6 Å². The lowest BCUT2D eigenvalue weighted by Gasteiger charge is -2.46. The molecule has 15 heavy (non-hydrogen) atoms. The van der Waals surface area contributed by atoms with E-state index in [2.05, 4.69) is 19.8 Å². The molecule has 1 saturated carbocycles. The third-order valence-electron chi connectivity index (χ3n) is 3.45. The number of β-amino-alcohol motifs (C(OH)–C–C–N with tert-alkyl or cyclic N) is 1. The summed E-state index contributed by atoms with van der Waals surface area (Å²) >= 11 is 0. The molecule has 1 aromatic rings. The maximum absolute atomic E-state index is 10.1. The lowest BCUT2D eigenvalue weighted by molar-refractivity contribution is -0.117. The summed E-state index contributed by atoms with van der Waals surface area (Å²) in [6.07, 6.45) is 2.38. The van der Waals surface area contributed by atoms with Crippen LogP contribution in [-0.2, 0) is 6.54 Å². The molecule has 1 aromatic heterocycles. The van der Waals surface area contributed by atoms with E-state index in [1.54, 1.807) is 0 Å². The van der Waals surface area contributed by atoms with Crippen LogP contribution in [0.4, 0.5) is 0 Å². The molecule has 1 aliphatic heterocycles. The van der Waals surface area contributed by atoms with Crippen LogP contribution in [0.15, 0.2) is 4.63 Å². The summed E-state index contributed by atoms with van der Waals surface area (Å²) in [5, 5.41) is 17.7. The summed E-state index contributed by atoms with van der Waals surface area (Å²) < 4.78 is 4.64. The molecular formula is C10H15N3O2. The van der Waals surface area contributed by atoms with Crippen molar-refractivity contribution < 1.29 is 9.74 Å².